The summed E-state index contributed by atoms with van der Waals surface area (Å²) in [7, 11) is 1.25. The number of aryl methyl sites for hydroxylation is 1. The zero-order chi connectivity index (χ0) is 23.6. The highest BCUT2D eigenvalue weighted by Gasteiger charge is 2.35. The monoisotopic (exact) mass is 442 g/mol. The lowest BCUT2D eigenvalue weighted by molar-refractivity contribution is 0.0405. The van der Waals surface area contributed by atoms with Crippen LogP contribution in [0.15, 0.2) is 24.3 Å². The van der Waals surface area contributed by atoms with Crippen molar-refractivity contribution in [2.75, 3.05) is 26.7 Å². The van der Waals surface area contributed by atoms with Crippen molar-refractivity contribution in [3.63, 3.8) is 0 Å². The second-order valence-electron chi connectivity index (χ2n) is 8.10. The average molecular weight is 442 g/mol. The smallest absolute Gasteiger partial charge is 0.342 e. The number of amides is 2. The van der Waals surface area contributed by atoms with Crippen LogP contribution in [-0.4, -0.2) is 70.3 Å². The number of hydrogen-bond donors (Lipinski definition) is 0. The molecule has 1 aliphatic rings. The Bertz CT molecular complexity index is 1060. The Kier molecular flexibility index (Phi) is 6.86. The summed E-state index contributed by atoms with van der Waals surface area (Å²) >= 11 is 0. The molecule has 1 atom stereocenters. The van der Waals surface area contributed by atoms with E-state index in [1.807, 2.05) is 13.8 Å². The molecule has 9 heteroatoms. The molecule has 1 unspecified atom stereocenters. The summed E-state index contributed by atoms with van der Waals surface area (Å²) in [5.74, 6) is -1.83. The van der Waals surface area contributed by atoms with Crippen molar-refractivity contribution in [1.29, 1.82) is 0 Å². The van der Waals surface area contributed by atoms with E-state index in [-0.39, 0.29) is 48.4 Å². The zero-order valence-electron chi connectivity index (χ0n) is 18.9. The van der Waals surface area contributed by atoms with Crippen LogP contribution in [0.1, 0.15) is 69.4 Å². The van der Waals surface area contributed by atoms with Gasteiger partial charge in [-0.05, 0) is 31.9 Å². The second kappa shape index (κ2) is 9.42. The third kappa shape index (κ3) is 4.46. The van der Waals surface area contributed by atoms with Crippen molar-refractivity contribution in [2.45, 2.75) is 39.7 Å². The van der Waals surface area contributed by atoms with Crippen LogP contribution in [0.3, 0.4) is 0 Å². The Morgan fingerprint density at radius 3 is 2.41 bits per heavy atom. The fourth-order valence-corrected chi connectivity index (χ4v) is 3.85. The molecule has 2 aromatic rings. The Morgan fingerprint density at radius 1 is 1.12 bits per heavy atom. The van der Waals surface area contributed by atoms with Crippen molar-refractivity contribution in [3.8, 4) is 0 Å². The SMILES string of the molecule is COC(=O)c1c(C(=O)N2CCN(C(=O)c3ccccc3F)C(C)C2)nc(C)nc1C(C)C. The molecular weight excluding hydrogens is 415 g/mol. The van der Waals surface area contributed by atoms with E-state index in [4.69, 9.17) is 4.74 Å². The lowest BCUT2D eigenvalue weighted by Crippen LogP contribution is -2.55. The number of esters is 1. The van der Waals surface area contributed by atoms with E-state index in [1.165, 1.54) is 25.3 Å². The first kappa shape index (κ1) is 23.3. The predicted octanol–water partition coefficient (Wildman–Crippen LogP) is 2.82. The largest absolute Gasteiger partial charge is 0.465 e. The number of methoxy groups -OCH3 is 1. The van der Waals surface area contributed by atoms with Crippen LogP contribution in [0.25, 0.3) is 0 Å². The molecule has 8 nitrogen and oxygen atoms in total. The summed E-state index contributed by atoms with van der Waals surface area (Å²) in [6.45, 7) is 7.88. The van der Waals surface area contributed by atoms with E-state index in [1.54, 1.807) is 29.7 Å². The topological polar surface area (TPSA) is 92.7 Å². The third-order valence-electron chi connectivity index (χ3n) is 5.47. The minimum Gasteiger partial charge on any atom is -0.465 e. The fraction of sp³-hybridized carbons (Fsp3) is 0.435. The van der Waals surface area contributed by atoms with Crippen molar-refractivity contribution in [3.05, 3.63) is 58.4 Å². The molecule has 0 radical (unpaired) electrons. The Morgan fingerprint density at radius 2 is 1.81 bits per heavy atom. The number of hydrogen-bond acceptors (Lipinski definition) is 6. The predicted molar refractivity (Wildman–Crippen MR) is 115 cm³/mol. The summed E-state index contributed by atoms with van der Waals surface area (Å²) < 4.78 is 19.0. The van der Waals surface area contributed by atoms with Gasteiger partial charge in [-0.2, -0.15) is 0 Å². The number of rotatable bonds is 4. The summed E-state index contributed by atoms with van der Waals surface area (Å²) in [6.07, 6.45) is 0. The van der Waals surface area contributed by atoms with Crippen LogP contribution in [0.2, 0.25) is 0 Å². The van der Waals surface area contributed by atoms with Gasteiger partial charge in [-0.15, -0.1) is 0 Å². The van der Waals surface area contributed by atoms with Gasteiger partial charge in [0.05, 0.1) is 18.4 Å². The third-order valence-corrected chi connectivity index (χ3v) is 5.47. The lowest BCUT2D eigenvalue weighted by atomic mass is 10.0. The first-order valence-corrected chi connectivity index (χ1v) is 10.5. The molecule has 2 amide bonds. The van der Waals surface area contributed by atoms with Crippen LogP contribution in [-0.2, 0) is 4.74 Å². The van der Waals surface area contributed by atoms with Gasteiger partial charge in [0.15, 0.2) is 0 Å². The lowest BCUT2D eigenvalue weighted by Gasteiger charge is -2.40. The van der Waals surface area contributed by atoms with E-state index in [0.29, 0.717) is 11.5 Å². The first-order valence-electron chi connectivity index (χ1n) is 10.5. The maximum atomic E-state index is 14.1. The van der Waals surface area contributed by atoms with Crippen molar-refractivity contribution < 1.29 is 23.5 Å². The Labute approximate surface area is 186 Å². The standard InChI is InChI=1S/C23H27FN4O4/c1-13(2)19-18(23(31)32-5)20(26-15(4)25-19)22(30)27-10-11-28(14(3)12-27)21(29)16-8-6-7-9-17(16)24/h6-9,13-14H,10-12H2,1-5H3. The van der Waals surface area contributed by atoms with Crippen LogP contribution in [0.4, 0.5) is 4.39 Å². The number of ether oxygens (including phenoxy) is 1. The van der Waals surface area contributed by atoms with Gasteiger partial charge in [0.2, 0.25) is 0 Å². The average Bonchev–Trinajstić information content (AvgIpc) is 2.77. The number of aromatic nitrogens is 2. The van der Waals surface area contributed by atoms with Gasteiger partial charge in [0.1, 0.15) is 22.9 Å². The number of carbonyl (C=O) groups excluding carboxylic acids is 3. The van der Waals surface area contributed by atoms with Gasteiger partial charge >= 0.3 is 5.97 Å². The van der Waals surface area contributed by atoms with Crippen LogP contribution in [0, 0.1) is 12.7 Å². The normalized spacial score (nSPS) is 16.3. The van der Waals surface area contributed by atoms with Gasteiger partial charge in [0, 0.05) is 25.7 Å². The highest BCUT2D eigenvalue weighted by molar-refractivity contribution is 6.05. The maximum Gasteiger partial charge on any atom is 0.342 e. The molecule has 32 heavy (non-hydrogen) atoms. The molecule has 3 rings (SSSR count). The van der Waals surface area contributed by atoms with E-state index in [0.717, 1.165) is 0 Å². The molecule has 170 valence electrons. The molecule has 0 saturated carbocycles. The van der Waals surface area contributed by atoms with E-state index in [2.05, 4.69) is 9.97 Å². The van der Waals surface area contributed by atoms with Gasteiger partial charge in [-0.25, -0.2) is 19.2 Å². The molecule has 0 aliphatic carbocycles. The van der Waals surface area contributed by atoms with Crippen molar-refractivity contribution in [2.24, 2.45) is 0 Å². The van der Waals surface area contributed by atoms with E-state index in [9.17, 15) is 18.8 Å². The van der Waals surface area contributed by atoms with Gasteiger partial charge in [0.25, 0.3) is 11.8 Å². The summed E-state index contributed by atoms with van der Waals surface area (Å²) in [6, 6.07) is 5.48. The molecule has 0 spiro atoms. The van der Waals surface area contributed by atoms with Gasteiger partial charge < -0.3 is 14.5 Å². The van der Waals surface area contributed by atoms with Crippen molar-refractivity contribution in [1.82, 2.24) is 19.8 Å². The summed E-state index contributed by atoms with van der Waals surface area (Å²) in [5, 5.41) is 0. The molecule has 1 aromatic heterocycles. The molecule has 1 saturated heterocycles. The quantitative estimate of drug-likeness (QED) is 0.676. The summed E-state index contributed by atoms with van der Waals surface area (Å²) in [4.78, 5) is 50.4. The Hall–Kier alpha value is -3.36. The van der Waals surface area contributed by atoms with Crippen LogP contribution < -0.4 is 0 Å². The Balaban J connectivity index is 1.87. The number of nitrogens with zero attached hydrogens (tertiary/aromatic N) is 4. The molecule has 0 bridgehead atoms. The molecule has 2 heterocycles. The number of halogens is 1. The first-order chi connectivity index (χ1) is 15.1. The van der Waals surface area contributed by atoms with E-state index < -0.39 is 23.6 Å². The van der Waals surface area contributed by atoms with Crippen molar-refractivity contribution >= 4 is 17.8 Å². The highest BCUT2D eigenvalue weighted by atomic mass is 19.1. The van der Waals surface area contributed by atoms with E-state index >= 15 is 0 Å². The minimum absolute atomic E-state index is 0.0000967. The second-order valence-corrected chi connectivity index (χ2v) is 8.10. The molecule has 0 N–H and O–H groups in total. The maximum absolute atomic E-state index is 14.1. The molecular formula is C23H27FN4O4. The molecule has 1 fully saturated rings. The van der Waals surface area contributed by atoms with Crippen LogP contribution >= 0.6 is 0 Å². The van der Waals surface area contributed by atoms with Gasteiger partial charge in [-0.1, -0.05) is 26.0 Å². The molecule has 1 aromatic carbocycles. The zero-order valence-corrected chi connectivity index (χ0v) is 18.9. The number of piperazine rings is 1. The van der Waals surface area contributed by atoms with Crippen LogP contribution in [0.5, 0.6) is 0 Å². The highest BCUT2D eigenvalue weighted by Crippen LogP contribution is 2.24. The molecule has 1 aliphatic heterocycles. The number of carbonyl (C=O) groups is 3. The minimum atomic E-state index is -0.668. The van der Waals surface area contributed by atoms with Gasteiger partial charge in [-0.3, -0.25) is 9.59 Å². The summed E-state index contributed by atoms with van der Waals surface area (Å²) in [5.41, 5.74) is 0.513. The number of benzene rings is 1. The fourth-order valence-electron chi connectivity index (χ4n) is 3.85.